The third-order valence-electron chi connectivity index (χ3n) is 26.3. The predicted octanol–water partition coefficient (Wildman–Crippen LogP) is 29.3. The fourth-order valence-corrected chi connectivity index (χ4v) is 20.9. The summed E-state index contributed by atoms with van der Waals surface area (Å²) in [5, 5.41) is 7.90. The monoisotopic (exact) mass is 2090 g/mol. The first-order valence-corrected chi connectivity index (χ1v) is 50.0. The first-order chi connectivity index (χ1) is 68.2. The number of halogens is 12. The Morgan fingerprint density at radius 1 is 0.408 bits per heavy atom. The first kappa shape index (κ1) is 101. The molecule has 0 saturated carbocycles. The zero-order valence-electron chi connectivity index (χ0n) is 79.2. The maximum atomic E-state index is 14.7. The largest absolute Gasteiger partial charge is 0.450 e. The summed E-state index contributed by atoms with van der Waals surface area (Å²) in [6.45, 7) is 20.9. The van der Waals surface area contributed by atoms with Gasteiger partial charge in [0, 0.05) is 158 Å². The number of H-pyrrole nitrogens is 5. The van der Waals surface area contributed by atoms with E-state index in [0.29, 0.717) is 83.7 Å². The van der Waals surface area contributed by atoms with E-state index in [-0.39, 0.29) is 72.9 Å². The minimum atomic E-state index is -4.43. The molecule has 5 unspecified atom stereocenters. The zero-order valence-corrected chi connectivity index (χ0v) is 84.5. The molecule has 0 aliphatic carbocycles. The summed E-state index contributed by atoms with van der Waals surface area (Å²) < 4.78 is 104. The van der Waals surface area contributed by atoms with Gasteiger partial charge in [-0.3, -0.25) is 19.6 Å². The number of benzene rings is 10. The molecule has 21 rings (SSSR count). The summed E-state index contributed by atoms with van der Waals surface area (Å²) in [6, 6.07) is 60.8. The highest BCUT2D eigenvalue weighted by atomic mass is 79.9. The third kappa shape index (κ3) is 21.5. The third-order valence-corrected chi connectivity index (χ3v) is 27.9. The van der Waals surface area contributed by atoms with E-state index in [1.165, 1.54) is 73.6 Å². The molecular formula is C110H104BrCl5F6N12O8. The number of amides is 4. The van der Waals surface area contributed by atoms with Gasteiger partial charge in [-0.1, -0.05) is 163 Å². The van der Waals surface area contributed by atoms with E-state index in [1.54, 1.807) is 54.8 Å². The van der Waals surface area contributed by atoms with Gasteiger partial charge < -0.3 is 48.8 Å². The van der Waals surface area contributed by atoms with Gasteiger partial charge in [0.1, 0.15) is 48.2 Å². The second-order valence-electron chi connectivity index (χ2n) is 36.7. The number of nitrogens with one attached hydrogen (secondary N) is 5. The second kappa shape index (κ2) is 43.3. The molecule has 0 radical (unpaired) electrons. The number of hydrogen-bond donors (Lipinski definition) is 5. The van der Waals surface area contributed by atoms with Gasteiger partial charge in [0.05, 0.1) is 36.3 Å². The number of fused-ring (bicyclic) bond motifs is 15. The standard InChI is InChI=1S/C24H23BrN4.C24H27ClN2O2.C22H20ClF3N2O2.C20H16Cl2F2N2O2.C20H18ClFN2O2/c1-15(2)16-4-6-17(7-5-16)23-22-19(20-14-18(25)8-9-21(20)28-22)10-13-29(23)24-26-11-3-12-27-24;1-14(2)16-5-7-17(8-6-16)23-22-19(11-12-27(23)24(28)29-15(3)4)20-13-18(25)9-10-21(20)26-22;1-12(2)30-21(29)28-10-9-16-17-11-15(23)7-8-18(17)27-19(16)20(28)13-3-5-14(6-4-13)22(24,25)26;21-6-8-28-20(27)26-7-5-13-14-9-11(22)1-4-17(14)25-18(13)19(26)15-10-12(23)2-3-16(15)24;1-2-26-20(25)24-10-9-15-16-11-13(21)5-8-17(16)23-18(15)19(24)12-3-6-14(22)7-4-12/h3-9,11-12,14-15,23,28H,10,13H2,1-2H3;5-10,13-15,23,26H,11-12H2,1-4H3;3-8,11-12,20,27H,9-10H2,1-2H3;1-4,9-10,19,25H,5-8H2;3-8,11,19,23H,2,9-10H2,1H3. The maximum absolute atomic E-state index is 14.7. The van der Waals surface area contributed by atoms with Gasteiger partial charge in [-0.15, -0.1) is 11.6 Å². The fourth-order valence-electron chi connectivity index (χ4n) is 19.8. The summed E-state index contributed by atoms with van der Waals surface area (Å²) in [4.78, 5) is 86.0. The van der Waals surface area contributed by atoms with Crippen molar-refractivity contribution in [2.24, 2.45) is 0 Å². The minimum Gasteiger partial charge on any atom is -0.450 e. The minimum absolute atomic E-state index is 0.0322. The van der Waals surface area contributed by atoms with Gasteiger partial charge in [0.15, 0.2) is 0 Å². The number of carbonyl (C=O) groups excluding carboxylic acids is 4. The highest BCUT2D eigenvalue weighted by molar-refractivity contribution is 9.10. The van der Waals surface area contributed by atoms with E-state index in [2.05, 4.69) is 150 Å². The van der Waals surface area contributed by atoms with Crippen molar-refractivity contribution in [1.82, 2.24) is 54.5 Å². The van der Waals surface area contributed by atoms with E-state index in [0.717, 1.165) is 154 Å². The Morgan fingerprint density at radius 3 is 1.13 bits per heavy atom. The highest BCUT2D eigenvalue weighted by Crippen LogP contribution is 2.48. The molecule has 0 saturated heterocycles. The molecule has 0 bridgehead atoms. The van der Waals surface area contributed by atoms with Crippen molar-refractivity contribution < 1.29 is 64.5 Å². The maximum Gasteiger partial charge on any atom is 0.416 e. The second-order valence-corrected chi connectivity index (χ2v) is 39.7. The smallest absolute Gasteiger partial charge is 0.416 e. The zero-order chi connectivity index (χ0) is 100. The van der Waals surface area contributed by atoms with E-state index in [4.69, 9.17) is 77.0 Å². The van der Waals surface area contributed by atoms with Crippen molar-refractivity contribution in [2.45, 2.75) is 155 Å². The van der Waals surface area contributed by atoms with Crippen LogP contribution in [0.1, 0.15) is 205 Å². The van der Waals surface area contributed by atoms with Crippen LogP contribution in [0, 0.1) is 17.5 Å². The van der Waals surface area contributed by atoms with Crippen LogP contribution in [0.3, 0.4) is 0 Å². The molecule has 16 aromatic rings. The topological polar surface area (TPSA) is 226 Å². The van der Waals surface area contributed by atoms with Gasteiger partial charge >= 0.3 is 30.5 Å². The number of ether oxygens (including phenoxy) is 4. The van der Waals surface area contributed by atoms with E-state index < -0.39 is 47.6 Å². The number of aromatic amines is 5. The first-order valence-electron chi connectivity index (χ1n) is 47.2. The van der Waals surface area contributed by atoms with Gasteiger partial charge in [-0.2, -0.15) is 13.2 Å². The lowest BCUT2D eigenvalue weighted by molar-refractivity contribution is -0.137. The average Bonchev–Trinajstić information content (AvgIpc) is 1.62. The Hall–Kier alpha value is -12.6. The number of rotatable bonds is 13. The van der Waals surface area contributed by atoms with E-state index in [9.17, 15) is 45.5 Å². The summed E-state index contributed by atoms with van der Waals surface area (Å²) in [5.41, 5.74) is 20.9. The highest BCUT2D eigenvalue weighted by Gasteiger charge is 2.43. The van der Waals surface area contributed by atoms with Crippen molar-refractivity contribution in [2.75, 3.05) is 56.7 Å². The summed E-state index contributed by atoms with van der Waals surface area (Å²) in [5.74, 6) is 0.400. The molecule has 5 atom stereocenters. The van der Waals surface area contributed by atoms with Crippen molar-refractivity contribution in [3.8, 4) is 0 Å². The molecule has 142 heavy (non-hydrogen) atoms. The predicted molar refractivity (Wildman–Crippen MR) is 551 cm³/mol. The number of alkyl halides is 4. The molecule has 5 aliphatic rings. The molecule has 0 spiro atoms. The molecule has 736 valence electrons. The van der Waals surface area contributed by atoms with Crippen molar-refractivity contribution in [3.05, 3.63) is 368 Å². The summed E-state index contributed by atoms with van der Waals surface area (Å²) in [7, 11) is 0. The number of hydrogen-bond acceptors (Lipinski definition) is 11. The van der Waals surface area contributed by atoms with Crippen LogP contribution in [0.5, 0.6) is 0 Å². The van der Waals surface area contributed by atoms with Gasteiger partial charge in [0.2, 0.25) is 5.95 Å². The van der Waals surface area contributed by atoms with E-state index in [1.807, 2.05) is 97.9 Å². The number of anilines is 1. The van der Waals surface area contributed by atoms with Crippen LogP contribution >= 0.6 is 73.9 Å². The van der Waals surface area contributed by atoms with E-state index >= 15 is 0 Å². The number of aromatic nitrogens is 7. The molecular weight excluding hydrogens is 1990 g/mol. The van der Waals surface area contributed by atoms with Crippen LogP contribution < -0.4 is 4.90 Å². The molecule has 5 aliphatic heterocycles. The number of nitrogens with zero attached hydrogens (tertiary/aromatic N) is 7. The quantitative estimate of drug-likeness (QED) is 0.0414. The molecule has 6 aromatic heterocycles. The van der Waals surface area contributed by atoms with Gasteiger partial charge in [-0.05, 0) is 279 Å². The lowest BCUT2D eigenvalue weighted by Crippen LogP contribution is -2.41. The Balaban J connectivity index is 0.000000122. The van der Waals surface area contributed by atoms with Crippen molar-refractivity contribution >= 4 is 159 Å². The summed E-state index contributed by atoms with van der Waals surface area (Å²) in [6.07, 6.45) is 0.503. The molecule has 5 N–H and O–H groups in total. The molecule has 20 nitrogen and oxygen atoms in total. The fraction of sp³-hybridized carbons (Fsp3) is 0.291. The normalized spacial score (nSPS) is 16.5. The SMILES string of the molecule is CC(C)OC(=O)N1CCc2c([nH]c3ccc(Cl)cc23)C1c1ccc(C(C)C)cc1.CC(C)OC(=O)N1CCc2c([nH]c3ccc(Cl)cc23)C1c1ccc(C(F)(F)F)cc1.CC(C)c1ccc(C2c3[nH]c4ccc(Br)cc4c3CCN2c2ncccn2)cc1.CCOC(=O)N1CCc2c([nH]c3ccc(Cl)cc23)C1c1ccc(F)cc1.O=C(OCCCl)N1CCc2c([nH]c3ccc(Cl)cc23)C1c1cc(F)ccc1F. The Morgan fingerprint density at radius 2 is 0.746 bits per heavy atom. The lowest BCUT2D eigenvalue weighted by Gasteiger charge is -2.36. The molecule has 32 heteroatoms. The van der Waals surface area contributed by atoms with Crippen LogP contribution in [0.4, 0.5) is 51.5 Å². The Kier molecular flexibility index (Phi) is 30.7. The molecule has 0 fully saturated rings. The number of carbonyl (C=O) groups is 4. The molecule has 4 amide bonds. The lowest BCUT2D eigenvalue weighted by atomic mass is 9.91. The van der Waals surface area contributed by atoms with Gasteiger partial charge in [0.25, 0.3) is 0 Å². The Bertz CT molecular complexity index is 7300. The average molecular weight is 2090 g/mol. The van der Waals surface area contributed by atoms with Crippen molar-refractivity contribution in [3.63, 3.8) is 0 Å². The van der Waals surface area contributed by atoms with Gasteiger partial charge in [-0.25, -0.2) is 42.3 Å². The van der Waals surface area contributed by atoms with Crippen LogP contribution in [0.2, 0.25) is 20.1 Å². The van der Waals surface area contributed by atoms with Crippen LogP contribution in [-0.2, 0) is 57.2 Å². The van der Waals surface area contributed by atoms with Crippen LogP contribution in [0.15, 0.2) is 229 Å². The van der Waals surface area contributed by atoms with Crippen LogP contribution in [0.25, 0.3) is 54.5 Å². The Labute approximate surface area is 850 Å². The molecule has 10 aromatic carbocycles. The van der Waals surface area contributed by atoms with Crippen LogP contribution in [-0.4, -0.2) is 143 Å². The van der Waals surface area contributed by atoms with Crippen molar-refractivity contribution in [1.29, 1.82) is 0 Å². The summed E-state index contributed by atoms with van der Waals surface area (Å²) >= 11 is 34.0. The molecule has 11 heterocycles.